The van der Waals surface area contributed by atoms with Gasteiger partial charge in [0.1, 0.15) is 5.60 Å². The van der Waals surface area contributed by atoms with Crippen LogP contribution in [0.4, 0.5) is 0 Å². The second kappa shape index (κ2) is 10.3. The summed E-state index contributed by atoms with van der Waals surface area (Å²) >= 11 is 0. The number of ketones is 1. The van der Waals surface area contributed by atoms with E-state index in [2.05, 4.69) is 13.2 Å². The molecule has 0 heterocycles. The summed E-state index contributed by atoms with van der Waals surface area (Å²) in [5, 5.41) is 10.4. The Hall–Kier alpha value is -2.49. The summed E-state index contributed by atoms with van der Waals surface area (Å²) in [6.45, 7) is 9.71. The van der Waals surface area contributed by atoms with E-state index < -0.39 is 5.60 Å². The van der Waals surface area contributed by atoms with Crippen LogP contribution in [0.3, 0.4) is 0 Å². The molecule has 2 rings (SSSR count). The molecule has 2 aromatic rings. The lowest BCUT2D eigenvalue weighted by Crippen LogP contribution is -2.32. The summed E-state index contributed by atoms with van der Waals surface area (Å²) in [5.41, 5.74) is -0.363. The van der Waals surface area contributed by atoms with Gasteiger partial charge < -0.3 is 9.84 Å². The molecule has 0 amide bonds. The minimum Gasteiger partial charge on any atom is -0.377 e. The number of carbonyl (C=O) groups is 1. The van der Waals surface area contributed by atoms with Crippen molar-refractivity contribution in [1.82, 2.24) is 0 Å². The molecule has 1 unspecified atom stereocenters. The zero-order valence-electron chi connectivity index (χ0n) is 14.0. The standard InChI is InChI=1S/C15H14O2.C6H10O/c1-15(17,13-10-6-3-7-11-13)14(16)12-8-4-2-5-9-12;1-3-5-7-6-4-2/h2-11,17H,1H3;3-4H,1-2,5-6H2. The van der Waals surface area contributed by atoms with Gasteiger partial charge >= 0.3 is 0 Å². The van der Waals surface area contributed by atoms with Crippen LogP contribution in [-0.2, 0) is 10.3 Å². The van der Waals surface area contributed by atoms with E-state index in [4.69, 9.17) is 4.74 Å². The smallest absolute Gasteiger partial charge is 0.198 e. The average molecular weight is 324 g/mol. The first-order valence-corrected chi connectivity index (χ1v) is 7.71. The Morgan fingerprint density at radius 2 is 1.46 bits per heavy atom. The van der Waals surface area contributed by atoms with E-state index in [0.717, 1.165) is 0 Å². The number of hydrogen-bond donors (Lipinski definition) is 1. The minimum absolute atomic E-state index is 0.288. The first-order chi connectivity index (χ1) is 11.5. The number of Topliss-reactive ketones (excluding diaryl/α,β-unsaturated/α-hetero) is 1. The highest BCUT2D eigenvalue weighted by atomic mass is 16.5. The van der Waals surface area contributed by atoms with Crippen molar-refractivity contribution < 1.29 is 14.6 Å². The van der Waals surface area contributed by atoms with E-state index >= 15 is 0 Å². The molecule has 0 saturated carbocycles. The summed E-state index contributed by atoms with van der Waals surface area (Å²) in [7, 11) is 0. The maximum absolute atomic E-state index is 12.2. The molecule has 3 nitrogen and oxygen atoms in total. The monoisotopic (exact) mass is 324 g/mol. The topological polar surface area (TPSA) is 46.5 Å². The van der Waals surface area contributed by atoms with Crippen LogP contribution in [0.25, 0.3) is 0 Å². The van der Waals surface area contributed by atoms with Gasteiger partial charge in [0, 0.05) is 5.56 Å². The van der Waals surface area contributed by atoms with E-state index in [-0.39, 0.29) is 5.78 Å². The Kier molecular flexibility index (Phi) is 8.41. The zero-order valence-corrected chi connectivity index (χ0v) is 14.0. The molecule has 126 valence electrons. The van der Waals surface area contributed by atoms with Gasteiger partial charge in [-0.15, -0.1) is 13.2 Å². The molecule has 0 aliphatic carbocycles. The Morgan fingerprint density at radius 3 is 1.92 bits per heavy atom. The molecule has 1 N–H and O–H groups in total. The lowest BCUT2D eigenvalue weighted by atomic mass is 9.88. The summed E-state index contributed by atoms with van der Waals surface area (Å²) in [6.07, 6.45) is 3.42. The predicted molar refractivity (Wildman–Crippen MR) is 98.0 cm³/mol. The molecule has 0 radical (unpaired) electrons. The molecule has 0 aliphatic heterocycles. The van der Waals surface area contributed by atoms with E-state index in [1.165, 1.54) is 6.92 Å². The highest BCUT2D eigenvalue weighted by molar-refractivity contribution is 6.02. The van der Waals surface area contributed by atoms with Crippen molar-refractivity contribution in [3.8, 4) is 0 Å². The van der Waals surface area contributed by atoms with Crippen molar-refractivity contribution >= 4 is 5.78 Å². The van der Waals surface area contributed by atoms with Crippen LogP contribution < -0.4 is 0 Å². The summed E-state index contributed by atoms with van der Waals surface area (Å²) in [4.78, 5) is 12.2. The summed E-state index contributed by atoms with van der Waals surface area (Å²) in [5.74, 6) is -0.288. The fourth-order valence-corrected chi connectivity index (χ4v) is 2.00. The lowest BCUT2D eigenvalue weighted by molar-refractivity contribution is 0.0392. The largest absolute Gasteiger partial charge is 0.377 e. The third-order valence-corrected chi connectivity index (χ3v) is 3.29. The van der Waals surface area contributed by atoms with Gasteiger partial charge in [-0.05, 0) is 12.5 Å². The van der Waals surface area contributed by atoms with Crippen LogP contribution in [0, 0.1) is 0 Å². The molecule has 24 heavy (non-hydrogen) atoms. The van der Waals surface area contributed by atoms with E-state index in [1.54, 1.807) is 48.6 Å². The van der Waals surface area contributed by atoms with E-state index in [1.807, 2.05) is 24.3 Å². The molecule has 3 heteroatoms. The van der Waals surface area contributed by atoms with Gasteiger partial charge in [0.25, 0.3) is 0 Å². The van der Waals surface area contributed by atoms with E-state index in [0.29, 0.717) is 24.3 Å². The highest BCUT2D eigenvalue weighted by Crippen LogP contribution is 2.24. The second-order valence-corrected chi connectivity index (χ2v) is 5.25. The van der Waals surface area contributed by atoms with Gasteiger partial charge in [-0.2, -0.15) is 0 Å². The maximum atomic E-state index is 12.2. The number of benzene rings is 2. The lowest BCUT2D eigenvalue weighted by Gasteiger charge is -2.22. The number of hydrogen-bond acceptors (Lipinski definition) is 3. The SMILES string of the molecule is C=CCOCC=C.CC(O)(C(=O)c1ccccc1)c1ccccc1. The first kappa shape index (κ1) is 19.6. The molecule has 1 atom stereocenters. The molecule has 0 bridgehead atoms. The van der Waals surface area contributed by atoms with Crippen LogP contribution >= 0.6 is 0 Å². The summed E-state index contributed by atoms with van der Waals surface area (Å²) in [6, 6.07) is 17.8. The van der Waals surface area contributed by atoms with Crippen LogP contribution in [0.5, 0.6) is 0 Å². The highest BCUT2D eigenvalue weighted by Gasteiger charge is 2.32. The van der Waals surface area contributed by atoms with Crippen molar-refractivity contribution in [2.75, 3.05) is 13.2 Å². The van der Waals surface area contributed by atoms with Crippen molar-refractivity contribution in [2.45, 2.75) is 12.5 Å². The molecular formula is C21H24O3. The molecule has 0 aromatic heterocycles. The van der Waals surface area contributed by atoms with Crippen LogP contribution in [0.1, 0.15) is 22.8 Å². The number of ether oxygens (including phenoxy) is 1. The van der Waals surface area contributed by atoms with Crippen molar-refractivity contribution in [1.29, 1.82) is 0 Å². The predicted octanol–water partition coefficient (Wildman–Crippen LogP) is 4.15. The van der Waals surface area contributed by atoms with Gasteiger partial charge in [0.2, 0.25) is 0 Å². The fraction of sp³-hybridized carbons (Fsp3) is 0.190. The third-order valence-electron chi connectivity index (χ3n) is 3.29. The molecular weight excluding hydrogens is 300 g/mol. The molecule has 0 aliphatic rings. The molecule has 0 fully saturated rings. The summed E-state index contributed by atoms with van der Waals surface area (Å²) < 4.78 is 4.90. The van der Waals surface area contributed by atoms with E-state index in [9.17, 15) is 9.90 Å². The Bertz CT molecular complexity index is 623. The van der Waals surface area contributed by atoms with Crippen molar-refractivity contribution in [3.05, 3.63) is 97.1 Å². The third kappa shape index (κ3) is 5.95. The van der Waals surface area contributed by atoms with Crippen LogP contribution in [0.15, 0.2) is 86.0 Å². The Labute approximate surface area is 143 Å². The Morgan fingerprint density at radius 1 is 1.00 bits per heavy atom. The Balaban J connectivity index is 0.000000351. The average Bonchev–Trinajstić information content (AvgIpc) is 2.63. The second-order valence-electron chi connectivity index (χ2n) is 5.25. The minimum atomic E-state index is -1.48. The number of rotatable bonds is 7. The van der Waals surface area contributed by atoms with Gasteiger partial charge in [-0.3, -0.25) is 4.79 Å². The molecule has 2 aromatic carbocycles. The van der Waals surface area contributed by atoms with Gasteiger partial charge in [-0.25, -0.2) is 0 Å². The van der Waals surface area contributed by atoms with Crippen molar-refractivity contribution in [3.63, 3.8) is 0 Å². The number of carbonyl (C=O) groups excluding carboxylic acids is 1. The zero-order chi connectivity index (χ0) is 17.8. The van der Waals surface area contributed by atoms with Gasteiger partial charge in [0.05, 0.1) is 13.2 Å². The number of aliphatic hydroxyl groups is 1. The van der Waals surface area contributed by atoms with Gasteiger partial charge in [-0.1, -0.05) is 72.8 Å². The fourth-order valence-electron chi connectivity index (χ4n) is 2.00. The van der Waals surface area contributed by atoms with Gasteiger partial charge in [0.15, 0.2) is 5.78 Å². The van der Waals surface area contributed by atoms with Crippen molar-refractivity contribution in [2.24, 2.45) is 0 Å². The first-order valence-electron chi connectivity index (χ1n) is 7.71. The maximum Gasteiger partial charge on any atom is 0.198 e. The van der Waals surface area contributed by atoms with Crippen LogP contribution in [0.2, 0.25) is 0 Å². The van der Waals surface area contributed by atoms with Crippen LogP contribution in [-0.4, -0.2) is 24.1 Å². The molecule has 0 saturated heterocycles. The molecule has 0 spiro atoms. The normalized spacial score (nSPS) is 12.2. The quantitative estimate of drug-likeness (QED) is 0.473.